The second-order valence-corrected chi connectivity index (χ2v) is 2.43. The summed E-state index contributed by atoms with van der Waals surface area (Å²) in [6, 6.07) is 0. The van der Waals surface area contributed by atoms with Crippen LogP contribution in [-0.4, -0.2) is 6.29 Å². The maximum Gasteiger partial charge on any atom is 0.0299 e. The maximum absolute atomic E-state index is 3.22. The van der Waals surface area contributed by atoms with Gasteiger partial charge in [-0.05, 0) is 18.9 Å². The van der Waals surface area contributed by atoms with Crippen LogP contribution in [0.2, 0.25) is 0 Å². The zero-order chi connectivity index (χ0) is 6.53. The van der Waals surface area contributed by atoms with Gasteiger partial charge in [-0.2, -0.15) is 0 Å². The van der Waals surface area contributed by atoms with Crippen molar-refractivity contribution in [2.45, 2.75) is 12.8 Å². The molecular weight excluding hydrogens is 129 g/mol. The molecule has 0 heterocycles. The summed E-state index contributed by atoms with van der Waals surface area (Å²) in [6.07, 6.45) is 9.88. The van der Waals surface area contributed by atoms with Crippen LogP contribution in [0.4, 0.5) is 0 Å². The highest BCUT2D eigenvalue weighted by molar-refractivity contribution is 7.16. The van der Waals surface area contributed by atoms with Crippen LogP contribution in [0.15, 0.2) is 23.9 Å². The highest BCUT2D eigenvalue weighted by Gasteiger charge is 1.92. The molecule has 1 aliphatic carbocycles. The first-order valence-electron chi connectivity index (χ1n) is 3.24. The molecule has 1 atom stereocenters. The Labute approximate surface area is 58.4 Å². The SMILES string of the molecule is PCNC1=CCCC=C1. The number of allylic oxidation sites excluding steroid dienone is 3. The van der Waals surface area contributed by atoms with Crippen molar-refractivity contribution in [1.29, 1.82) is 0 Å². The van der Waals surface area contributed by atoms with Gasteiger partial charge in [0.1, 0.15) is 0 Å². The van der Waals surface area contributed by atoms with Gasteiger partial charge in [0, 0.05) is 12.0 Å². The zero-order valence-corrected chi connectivity index (χ0v) is 6.59. The number of rotatable bonds is 2. The van der Waals surface area contributed by atoms with Crippen molar-refractivity contribution in [1.82, 2.24) is 5.32 Å². The Bertz CT molecular complexity index is 138. The van der Waals surface area contributed by atoms with Gasteiger partial charge in [0.25, 0.3) is 0 Å². The molecule has 0 aromatic heterocycles. The monoisotopic (exact) mass is 141 g/mol. The molecule has 1 unspecified atom stereocenters. The minimum absolute atomic E-state index is 0.941. The molecule has 50 valence electrons. The second kappa shape index (κ2) is 3.68. The van der Waals surface area contributed by atoms with Crippen molar-refractivity contribution in [3.8, 4) is 0 Å². The molecule has 1 N–H and O–H groups in total. The average Bonchev–Trinajstić information content (AvgIpc) is 1.91. The largest absolute Gasteiger partial charge is 0.382 e. The molecule has 2 heteroatoms. The molecule has 0 aromatic carbocycles. The third-order valence-electron chi connectivity index (χ3n) is 1.30. The smallest absolute Gasteiger partial charge is 0.0299 e. The molecule has 0 radical (unpaired) electrons. The van der Waals surface area contributed by atoms with Crippen LogP contribution >= 0.6 is 9.24 Å². The minimum atomic E-state index is 0.941. The van der Waals surface area contributed by atoms with Crippen LogP contribution in [0.3, 0.4) is 0 Å². The van der Waals surface area contributed by atoms with E-state index < -0.39 is 0 Å². The normalized spacial score (nSPS) is 17.2. The fourth-order valence-corrected chi connectivity index (χ4v) is 1.10. The van der Waals surface area contributed by atoms with E-state index in [0.29, 0.717) is 0 Å². The van der Waals surface area contributed by atoms with E-state index in [1.807, 2.05) is 0 Å². The van der Waals surface area contributed by atoms with Gasteiger partial charge in [0.15, 0.2) is 0 Å². The van der Waals surface area contributed by atoms with Crippen LogP contribution in [0, 0.1) is 0 Å². The van der Waals surface area contributed by atoms with E-state index >= 15 is 0 Å². The molecule has 0 saturated carbocycles. The molecule has 1 nitrogen and oxygen atoms in total. The summed E-state index contributed by atoms with van der Waals surface area (Å²) in [5, 5.41) is 3.22. The van der Waals surface area contributed by atoms with Crippen LogP contribution < -0.4 is 5.32 Å². The molecule has 0 spiro atoms. The summed E-state index contributed by atoms with van der Waals surface area (Å²) in [5.74, 6) is 0. The molecule has 1 rings (SSSR count). The van der Waals surface area contributed by atoms with E-state index in [1.54, 1.807) is 0 Å². The molecule has 0 aromatic rings. The predicted molar refractivity (Wildman–Crippen MR) is 44.2 cm³/mol. The van der Waals surface area contributed by atoms with Crippen molar-refractivity contribution < 1.29 is 0 Å². The first kappa shape index (κ1) is 6.82. The Morgan fingerprint density at radius 3 is 3.00 bits per heavy atom. The highest BCUT2D eigenvalue weighted by Crippen LogP contribution is 2.06. The molecular formula is C7H12NP. The van der Waals surface area contributed by atoms with E-state index in [2.05, 4.69) is 32.8 Å². The van der Waals surface area contributed by atoms with Crippen LogP contribution in [0.1, 0.15) is 12.8 Å². The zero-order valence-electron chi connectivity index (χ0n) is 5.43. The van der Waals surface area contributed by atoms with Gasteiger partial charge in [-0.1, -0.05) is 12.2 Å². The summed E-state index contributed by atoms with van der Waals surface area (Å²) in [7, 11) is 2.64. The van der Waals surface area contributed by atoms with Gasteiger partial charge in [-0.15, -0.1) is 9.24 Å². The first-order valence-corrected chi connectivity index (χ1v) is 4.06. The van der Waals surface area contributed by atoms with Gasteiger partial charge in [-0.25, -0.2) is 0 Å². The predicted octanol–water partition coefficient (Wildman–Crippen LogP) is 1.64. The van der Waals surface area contributed by atoms with E-state index in [1.165, 1.54) is 18.5 Å². The third kappa shape index (κ3) is 2.19. The Morgan fingerprint density at radius 1 is 1.56 bits per heavy atom. The van der Waals surface area contributed by atoms with E-state index in [9.17, 15) is 0 Å². The first-order chi connectivity index (χ1) is 4.43. The van der Waals surface area contributed by atoms with E-state index in [0.717, 1.165) is 6.29 Å². The molecule has 0 aliphatic heterocycles. The lowest BCUT2D eigenvalue weighted by Gasteiger charge is -2.06. The topological polar surface area (TPSA) is 12.0 Å². The molecule has 0 fully saturated rings. The fourth-order valence-electron chi connectivity index (χ4n) is 0.862. The molecule has 0 saturated heterocycles. The lowest BCUT2D eigenvalue weighted by molar-refractivity contribution is 0.926. The van der Waals surface area contributed by atoms with Gasteiger partial charge < -0.3 is 5.32 Å². The Kier molecular flexibility index (Phi) is 2.79. The number of hydrogen-bond donors (Lipinski definition) is 1. The second-order valence-electron chi connectivity index (χ2n) is 2.02. The van der Waals surface area contributed by atoms with Gasteiger partial charge in [0.2, 0.25) is 0 Å². The number of hydrogen-bond acceptors (Lipinski definition) is 1. The summed E-state index contributed by atoms with van der Waals surface area (Å²) in [4.78, 5) is 0. The van der Waals surface area contributed by atoms with E-state index in [-0.39, 0.29) is 0 Å². The Morgan fingerprint density at radius 2 is 2.44 bits per heavy atom. The maximum atomic E-state index is 3.22. The van der Waals surface area contributed by atoms with Crippen molar-refractivity contribution in [3.63, 3.8) is 0 Å². The van der Waals surface area contributed by atoms with Crippen molar-refractivity contribution in [2.24, 2.45) is 0 Å². The highest BCUT2D eigenvalue weighted by atomic mass is 31.0. The number of nitrogens with one attached hydrogen (secondary N) is 1. The summed E-state index contributed by atoms with van der Waals surface area (Å²) < 4.78 is 0. The molecule has 1 aliphatic rings. The summed E-state index contributed by atoms with van der Waals surface area (Å²) in [6.45, 7) is 0. The van der Waals surface area contributed by atoms with Crippen LogP contribution in [0.5, 0.6) is 0 Å². The Hall–Kier alpha value is -0.290. The van der Waals surface area contributed by atoms with Gasteiger partial charge in [0.05, 0.1) is 0 Å². The Balaban J connectivity index is 2.38. The van der Waals surface area contributed by atoms with Crippen molar-refractivity contribution in [2.75, 3.05) is 6.29 Å². The third-order valence-corrected chi connectivity index (χ3v) is 1.51. The minimum Gasteiger partial charge on any atom is -0.382 e. The molecule has 0 amide bonds. The summed E-state index contributed by atoms with van der Waals surface area (Å²) in [5.41, 5.74) is 1.26. The lowest BCUT2D eigenvalue weighted by atomic mass is 10.1. The van der Waals surface area contributed by atoms with Crippen LogP contribution in [0.25, 0.3) is 0 Å². The quantitative estimate of drug-likeness (QED) is 0.576. The van der Waals surface area contributed by atoms with E-state index in [4.69, 9.17) is 0 Å². The van der Waals surface area contributed by atoms with Crippen molar-refractivity contribution in [3.05, 3.63) is 23.9 Å². The van der Waals surface area contributed by atoms with Gasteiger partial charge >= 0.3 is 0 Å². The molecule has 0 bridgehead atoms. The molecule has 9 heavy (non-hydrogen) atoms. The standard InChI is InChI=1S/C7H12NP/c9-6-8-7-4-2-1-3-5-7/h2,4-5,8H,1,3,6,9H2. The fraction of sp³-hybridized carbons (Fsp3) is 0.429. The van der Waals surface area contributed by atoms with Crippen LogP contribution in [-0.2, 0) is 0 Å². The van der Waals surface area contributed by atoms with Crippen molar-refractivity contribution >= 4 is 9.24 Å². The summed E-state index contributed by atoms with van der Waals surface area (Å²) >= 11 is 0. The lowest BCUT2D eigenvalue weighted by Crippen LogP contribution is -2.09. The van der Waals surface area contributed by atoms with Gasteiger partial charge in [-0.3, -0.25) is 0 Å². The average molecular weight is 141 g/mol.